The number of anilines is 1. The fourth-order valence-electron chi connectivity index (χ4n) is 6.03. The standard InChI is InChI=1S/C22H22N2O4/c1-11-8-16(24(27)28)10-17-18-14-6-7-15(9-14)19(18)21(23-20(11)17)12-2-4-13(5-3-12)22(25)26/h2-5,8,10,14-15,18-19,21,23H,6-7,9H2,1H3,(H,25,26). The molecule has 2 N–H and O–H groups in total. The molecule has 6 heteroatoms. The zero-order chi connectivity index (χ0) is 19.6. The lowest BCUT2D eigenvalue weighted by Crippen LogP contribution is -2.35. The van der Waals surface area contributed by atoms with E-state index in [1.807, 2.05) is 19.1 Å². The van der Waals surface area contributed by atoms with Crippen molar-refractivity contribution in [1.29, 1.82) is 0 Å². The number of fused-ring (bicyclic) bond motifs is 7. The lowest BCUT2D eigenvalue weighted by atomic mass is 9.67. The van der Waals surface area contributed by atoms with E-state index in [1.54, 1.807) is 24.3 Å². The van der Waals surface area contributed by atoms with Gasteiger partial charge in [-0.05, 0) is 78.7 Å². The van der Waals surface area contributed by atoms with Gasteiger partial charge < -0.3 is 10.4 Å². The van der Waals surface area contributed by atoms with Gasteiger partial charge in [-0.1, -0.05) is 12.1 Å². The second-order valence-corrected chi connectivity index (χ2v) is 8.47. The van der Waals surface area contributed by atoms with E-state index in [0.29, 0.717) is 23.7 Å². The summed E-state index contributed by atoms with van der Waals surface area (Å²) < 4.78 is 0. The van der Waals surface area contributed by atoms with Crippen molar-refractivity contribution in [3.05, 3.63) is 68.8 Å². The Bertz CT molecular complexity index is 985. The Balaban J connectivity index is 1.62. The number of nitro groups is 1. The van der Waals surface area contributed by atoms with Crippen molar-refractivity contribution < 1.29 is 14.8 Å². The van der Waals surface area contributed by atoms with E-state index >= 15 is 0 Å². The van der Waals surface area contributed by atoms with E-state index in [4.69, 9.17) is 0 Å². The lowest BCUT2D eigenvalue weighted by molar-refractivity contribution is -0.385. The minimum absolute atomic E-state index is 0.107. The number of hydrogen-bond donors (Lipinski definition) is 2. The van der Waals surface area contributed by atoms with E-state index in [1.165, 1.54) is 19.3 Å². The third kappa shape index (κ3) is 2.44. The highest BCUT2D eigenvalue weighted by Gasteiger charge is 2.54. The maximum atomic E-state index is 11.4. The highest BCUT2D eigenvalue weighted by molar-refractivity contribution is 5.87. The van der Waals surface area contributed by atoms with Gasteiger partial charge in [-0.2, -0.15) is 0 Å². The molecule has 2 aliphatic carbocycles. The number of carboxylic acids is 1. The van der Waals surface area contributed by atoms with E-state index in [9.17, 15) is 20.0 Å². The Morgan fingerprint density at radius 2 is 1.89 bits per heavy atom. The van der Waals surface area contributed by atoms with Crippen LogP contribution in [0.5, 0.6) is 0 Å². The quantitative estimate of drug-likeness (QED) is 0.585. The van der Waals surface area contributed by atoms with Crippen LogP contribution < -0.4 is 5.32 Å². The van der Waals surface area contributed by atoms with Gasteiger partial charge in [-0.3, -0.25) is 10.1 Å². The molecule has 5 atom stereocenters. The van der Waals surface area contributed by atoms with Crippen LogP contribution in [0.2, 0.25) is 0 Å². The van der Waals surface area contributed by atoms with E-state index in [2.05, 4.69) is 5.32 Å². The molecule has 0 radical (unpaired) electrons. The first-order valence-corrected chi connectivity index (χ1v) is 9.82. The number of aryl methyl sites for hydroxylation is 1. The van der Waals surface area contributed by atoms with Crippen molar-refractivity contribution >= 4 is 17.3 Å². The lowest BCUT2D eigenvalue weighted by Gasteiger charge is -2.44. The minimum atomic E-state index is -0.922. The van der Waals surface area contributed by atoms with Crippen LogP contribution in [0, 0.1) is 34.8 Å². The van der Waals surface area contributed by atoms with Gasteiger partial charge in [0.05, 0.1) is 16.5 Å². The largest absolute Gasteiger partial charge is 0.478 e. The van der Waals surface area contributed by atoms with Crippen molar-refractivity contribution in [2.75, 3.05) is 5.32 Å². The number of nitrogens with one attached hydrogen (secondary N) is 1. The van der Waals surface area contributed by atoms with Crippen molar-refractivity contribution in [1.82, 2.24) is 0 Å². The van der Waals surface area contributed by atoms with Gasteiger partial charge in [0.25, 0.3) is 5.69 Å². The molecule has 3 aliphatic rings. The molecule has 0 amide bonds. The molecule has 28 heavy (non-hydrogen) atoms. The first-order chi connectivity index (χ1) is 13.4. The number of aromatic carboxylic acids is 1. The molecule has 2 bridgehead atoms. The van der Waals surface area contributed by atoms with Crippen LogP contribution in [-0.2, 0) is 0 Å². The molecule has 2 saturated carbocycles. The predicted molar refractivity (Wildman–Crippen MR) is 105 cm³/mol. The number of hydrogen-bond acceptors (Lipinski definition) is 4. The molecular weight excluding hydrogens is 356 g/mol. The zero-order valence-corrected chi connectivity index (χ0v) is 15.6. The molecular formula is C22H22N2O4. The van der Waals surface area contributed by atoms with Crippen LogP contribution >= 0.6 is 0 Å². The maximum absolute atomic E-state index is 11.4. The highest BCUT2D eigenvalue weighted by Crippen LogP contribution is 2.64. The molecule has 0 aromatic heterocycles. The number of carboxylic acid groups (broad SMARTS) is 1. The van der Waals surface area contributed by atoms with Crippen molar-refractivity contribution in [3.8, 4) is 0 Å². The Hall–Kier alpha value is -2.89. The first-order valence-electron chi connectivity index (χ1n) is 9.82. The fourth-order valence-corrected chi connectivity index (χ4v) is 6.03. The van der Waals surface area contributed by atoms with E-state index in [-0.39, 0.29) is 22.2 Å². The summed E-state index contributed by atoms with van der Waals surface area (Å²) >= 11 is 0. The van der Waals surface area contributed by atoms with Gasteiger partial charge in [0, 0.05) is 17.8 Å². The smallest absolute Gasteiger partial charge is 0.335 e. The van der Waals surface area contributed by atoms with Crippen LogP contribution in [0.15, 0.2) is 36.4 Å². The van der Waals surface area contributed by atoms with Gasteiger partial charge in [-0.15, -0.1) is 0 Å². The summed E-state index contributed by atoms with van der Waals surface area (Å²) in [7, 11) is 0. The second-order valence-electron chi connectivity index (χ2n) is 8.47. The van der Waals surface area contributed by atoms with Crippen LogP contribution in [0.25, 0.3) is 0 Å². The molecule has 2 aromatic rings. The fraction of sp³-hybridized carbons (Fsp3) is 0.409. The Labute approximate surface area is 162 Å². The molecule has 1 heterocycles. The molecule has 144 valence electrons. The number of nitrogens with zero attached hydrogens (tertiary/aromatic N) is 1. The SMILES string of the molecule is Cc1cc([N+](=O)[O-])cc2c1NC(c1ccc(C(=O)O)cc1)C1C3CCC(C3)C21. The molecule has 5 rings (SSSR count). The zero-order valence-electron chi connectivity index (χ0n) is 15.6. The normalized spacial score (nSPS) is 29.7. The second kappa shape index (κ2) is 6.06. The van der Waals surface area contributed by atoms with E-state index in [0.717, 1.165) is 22.4 Å². The van der Waals surface area contributed by atoms with Crippen LogP contribution in [0.3, 0.4) is 0 Å². The van der Waals surface area contributed by atoms with Crippen LogP contribution in [0.4, 0.5) is 11.4 Å². The van der Waals surface area contributed by atoms with Crippen LogP contribution in [-0.4, -0.2) is 16.0 Å². The molecule has 6 nitrogen and oxygen atoms in total. The van der Waals surface area contributed by atoms with Gasteiger partial charge in [0.2, 0.25) is 0 Å². The number of non-ortho nitro benzene ring substituents is 1. The maximum Gasteiger partial charge on any atom is 0.335 e. The third-order valence-electron chi connectivity index (χ3n) is 7.10. The van der Waals surface area contributed by atoms with Gasteiger partial charge in [-0.25, -0.2) is 4.79 Å². The summed E-state index contributed by atoms with van der Waals surface area (Å²) in [5, 5.41) is 24.3. The first kappa shape index (κ1) is 17.2. The third-order valence-corrected chi connectivity index (χ3v) is 7.10. The number of rotatable bonds is 3. The molecule has 0 spiro atoms. The monoisotopic (exact) mass is 378 g/mol. The highest BCUT2D eigenvalue weighted by atomic mass is 16.6. The summed E-state index contributed by atoms with van der Waals surface area (Å²) in [5.74, 6) is 0.993. The summed E-state index contributed by atoms with van der Waals surface area (Å²) in [4.78, 5) is 22.3. The van der Waals surface area contributed by atoms with Gasteiger partial charge in [0.15, 0.2) is 0 Å². The molecule has 5 unspecified atom stereocenters. The summed E-state index contributed by atoms with van der Waals surface area (Å²) in [5.41, 5.74) is 4.57. The van der Waals surface area contributed by atoms with Gasteiger partial charge in [0.1, 0.15) is 0 Å². The summed E-state index contributed by atoms with van der Waals surface area (Å²) in [6, 6.07) is 10.7. The summed E-state index contributed by atoms with van der Waals surface area (Å²) in [6.45, 7) is 1.93. The topological polar surface area (TPSA) is 92.5 Å². The van der Waals surface area contributed by atoms with Gasteiger partial charge >= 0.3 is 5.97 Å². The molecule has 0 saturated heterocycles. The Morgan fingerprint density at radius 3 is 2.57 bits per heavy atom. The Kier molecular flexibility index (Phi) is 3.73. The molecule has 2 fully saturated rings. The van der Waals surface area contributed by atoms with E-state index < -0.39 is 5.97 Å². The molecule has 1 aliphatic heterocycles. The van der Waals surface area contributed by atoms with Crippen molar-refractivity contribution in [2.45, 2.75) is 38.1 Å². The Morgan fingerprint density at radius 1 is 1.18 bits per heavy atom. The van der Waals surface area contributed by atoms with Crippen molar-refractivity contribution in [2.24, 2.45) is 17.8 Å². The number of carbonyl (C=O) groups is 1. The average molecular weight is 378 g/mol. The average Bonchev–Trinajstić information content (AvgIpc) is 3.30. The predicted octanol–water partition coefficient (Wildman–Crippen LogP) is 4.90. The molecule has 2 aromatic carbocycles. The van der Waals surface area contributed by atoms with Crippen LogP contribution in [0.1, 0.15) is 58.3 Å². The van der Waals surface area contributed by atoms with Crippen molar-refractivity contribution in [3.63, 3.8) is 0 Å². The number of benzene rings is 2. The summed E-state index contributed by atoms with van der Waals surface area (Å²) in [6.07, 6.45) is 3.58. The number of nitro benzene ring substituents is 1. The minimum Gasteiger partial charge on any atom is -0.478 e.